The van der Waals surface area contributed by atoms with Crippen molar-refractivity contribution in [2.45, 2.75) is 25.4 Å². The largest absolute Gasteiger partial charge is 0.388 e. The zero-order valence-corrected chi connectivity index (χ0v) is 13.6. The number of rotatable bonds is 0. The second-order valence-electron chi connectivity index (χ2n) is 6.19. The van der Waals surface area contributed by atoms with Crippen LogP contribution >= 0.6 is 11.6 Å². The van der Waals surface area contributed by atoms with Gasteiger partial charge >= 0.3 is 0 Å². The van der Waals surface area contributed by atoms with Gasteiger partial charge < -0.3 is 10.4 Å². The monoisotopic (exact) mass is 326 g/mol. The van der Waals surface area contributed by atoms with E-state index in [1.807, 2.05) is 30.5 Å². The van der Waals surface area contributed by atoms with E-state index in [1.54, 1.807) is 0 Å². The zero-order chi connectivity index (χ0) is 15.8. The normalized spacial score (nSPS) is 20.7. The van der Waals surface area contributed by atoms with E-state index >= 15 is 0 Å². The van der Waals surface area contributed by atoms with Crippen molar-refractivity contribution in [3.63, 3.8) is 0 Å². The average Bonchev–Trinajstić information content (AvgIpc) is 2.70. The zero-order valence-electron chi connectivity index (χ0n) is 12.8. The van der Waals surface area contributed by atoms with Gasteiger partial charge in [-0.05, 0) is 60.8 Å². The lowest BCUT2D eigenvalue weighted by Gasteiger charge is -2.22. The van der Waals surface area contributed by atoms with Crippen molar-refractivity contribution in [2.24, 2.45) is 0 Å². The molecule has 2 N–H and O–H groups in total. The van der Waals surface area contributed by atoms with Crippen LogP contribution in [0.5, 0.6) is 0 Å². The summed E-state index contributed by atoms with van der Waals surface area (Å²) in [5.74, 6) is 0. The first-order valence-corrected chi connectivity index (χ1v) is 8.47. The minimum absolute atomic E-state index is 0.550. The van der Waals surface area contributed by atoms with Crippen molar-refractivity contribution in [3.05, 3.63) is 69.5 Å². The first kappa shape index (κ1) is 14.9. The van der Waals surface area contributed by atoms with Crippen LogP contribution < -0.4 is 5.32 Å². The maximum absolute atomic E-state index is 10.7. The number of hydrogen-bond acceptors (Lipinski definition) is 3. The Labute approximate surface area is 141 Å². The molecule has 0 spiro atoms. The topological polar surface area (TPSA) is 45.2 Å². The lowest BCUT2D eigenvalue weighted by Crippen LogP contribution is -2.24. The fourth-order valence-electron chi connectivity index (χ4n) is 3.65. The predicted octanol–water partition coefficient (Wildman–Crippen LogP) is 3.51. The number of benzene rings is 1. The molecule has 1 unspecified atom stereocenters. The second-order valence-corrected chi connectivity index (χ2v) is 6.63. The van der Waals surface area contributed by atoms with Gasteiger partial charge in [0, 0.05) is 23.2 Å². The number of pyridine rings is 1. The van der Waals surface area contributed by atoms with Crippen molar-refractivity contribution in [3.8, 4) is 0 Å². The van der Waals surface area contributed by atoms with Crippen molar-refractivity contribution in [1.82, 2.24) is 10.3 Å². The molecule has 1 aliphatic carbocycles. The molecule has 0 amide bonds. The third-order valence-corrected chi connectivity index (χ3v) is 4.98. The van der Waals surface area contributed by atoms with Crippen LogP contribution in [0.1, 0.15) is 41.3 Å². The van der Waals surface area contributed by atoms with Crippen molar-refractivity contribution in [1.29, 1.82) is 0 Å². The SMILES string of the molecule is OC1Cc2cccnc2C(=C2CCNCC2)c2ccc(Cl)cc21. The molecule has 0 bridgehead atoms. The lowest BCUT2D eigenvalue weighted by atomic mass is 9.89. The molecule has 1 atom stereocenters. The summed E-state index contributed by atoms with van der Waals surface area (Å²) < 4.78 is 0. The van der Waals surface area contributed by atoms with E-state index in [4.69, 9.17) is 11.6 Å². The summed E-state index contributed by atoms with van der Waals surface area (Å²) in [5.41, 5.74) is 6.73. The summed E-state index contributed by atoms with van der Waals surface area (Å²) in [4.78, 5) is 4.67. The van der Waals surface area contributed by atoms with Crippen LogP contribution in [-0.2, 0) is 6.42 Å². The maximum atomic E-state index is 10.7. The number of halogens is 1. The highest BCUT2D eigenvalue weighted by Crippen LogP contribution is 2.40. The number of aliphatic hydroxyl groups is 1. The van der Waals surface area contributed by atoms with E-state index in [0.29, 0.717) is 11.4 Å². The molecule has 3 nitrogen and oxygen atoms in total. The Morgan fingerprint density at radius 1 is 1.17 bits per heavy atom. The maximum Gasteiger partial charge on any atom is 0.0837 e. The minimum atomic E-state index is -0.550. The quantitative estimate of drug-likeness (QED) is 0.778. The fraction of sp³-hybridized carbons (Fsp3) is 0.316. The lowest BCUT2D eigenvalue weighted by molar-refractivity contribution is 0.178. The van der Waals surface area contributed by atoms with E-state index in [1.165, 1.54) is 11.1 Å². The molecule has 0 radical (unpaired) electrons. The van der Waals surface area contributed by atoms with E-state index < -0.39 is 6.10 Å². The molecule has 1 saturated heterocycles. The number of piperidine rings is 1. The van der Waals surface area contributed by atoms with Crippen LogP contribution in [0.4, 0.5) is 0 Å². The highest BCUT2D eigenvalue weighted by molar-refractivity contribution is 6.30. The highest BCUT2D eigenvalue weighted by atomic mass is 35.5. The molecule has 4 heteroatoms. The molecule has 118 valence electrons. The van der Waals surface area contributed by atoms with Crippen LogP contribution in [0.2, 0.25) is 5.02 Å². The third-order valence-electron chi connectivity index (χ3n) is 4.74. The number of fused-ring (bicyclic) bond motifs is 2. The molecule has 2 heterocycles. The molecule has 1 aliphatic heterocycles. The summed E-state index contributed by atoms with van der Waals surface area (Å²) >= 11 is 6.19. The van der Waals surface area contributed by atoms with Crippen LogP contribution in [0.25, 0.3) is 5.57 Å². The number of aromatic nitrogens is 1. The van der Waals surface area contributed by atoms with Crippen LogP contribution in [0.15, 0.2) is 42.1 Å². The molecular formula is C19H19ClN2O. The highest BCUT2D eigenvalue weighted by Gasteiger charge is 2.27. The Morgan fingerprint density at radius 2 is 2.00 bits per heavy atom. The summed E-state index contributed by atoms with van der Waals surface area (Å²) in [5, 5.41) is 14.8. The molecule has 1 aromatic carbocycles. The standard InChI is InChI=1S/C19H19ClN2O/c20-14-3-4-15-16(11-14)17(23)10-13-2-1-7-22-19(13)18(15)12-5-8-21-9-6-12/h1-4,7,11,17,21,23H,5-6,8-10H2. The van der Waals surface area contributed by atoms with Crippen LogP contribution in [0, 0.1) is 0 Å². The van der Waals surface area contributed by atoms with Gasteiger partial charge in [-0.25, -0.2) is 0 Å². The van der Waals surface area contributed by atoms with Gasteiger partial charge in [0.25, 0.3) is 0 Å². The Kier molecular flexibility index (Phi) is 3.93. The summed E-state index contributed by atoms with van der Waals surface area (Å²) in [7, 11) is 0. The van der Waals surface area contributed by atoms with Crippen molar-refractivity contribution in [2.75, 3.05) is 13.1 Å². The molecule has 2 aliphatic rings. The average molecular weight is 327 g/mol. The van der Waals surface area contributed by atoms with Crippen LogP contribution in [0.3, 0.4) is 0 Å². The third kappa shape index (κ3) is 2.69. The summed E-state index contributed by atoms with van der Waals surface area (Å²) in [6.45, 7) is 1.99. The number of nitrogens with zero attached hydrogens (tertiary/aromatic N) is 1. The van der Waals surface area contributed by atoms with Gasteiger partial charge in [-0.1, -0.05) is 29.3 Å². The summed E-state index contributed by atoms with van der Waals surface area (Å²) in [6.07, 6.45) is 3.90. The first-order chi connectivity index (χ1) is 11.2. The molecular weight excluding hydrogens is 308 g/mol. The predicted molar refractivity (Wildman–Crippen MR) is 92.5 cm³/mol. The van der Waals surface area contributed by atoms with Gasteiger partial charge in [0.05, 0.1) is 11.8 Å². The first-order valence-electron chi connectivity index (χ1n) is 8.09. The minimum Gasteiger partial charge on any atom is -0.388 e. The van der Waals surface area contributed by atoms with Crippen molar-refractivity contribution >= 4 is 17.2 Å². The molecule has 1 aromatic heterocycles. The van der Waals surface area contributed by atoms with Gasteiger partial charge in [0.1, 0.15) is 0 Å². The Bertz CT molecular complexity index is 777. The number of aliphatic hydroxyl groups excluding tert-OH is 1. The molecule has 1 fully saturated rings. The van der Waals surface area contributed by atoms with E-state index in [-0.39, 0.29) is 0 Å². The van der Waals surface area contributed by atoms with Crippen molar-refractivity contribution < 1.29 is 5.11 Å². The van der Waals surface area contributed by atoms with Crippen LogP contribution in [-0.4, -0.2) is 23.2 Å². The van der Waals surface area contributed by atoms with Gasteiger partial charge in [-0.2, -0.15) is 0 Å². The molecule has 23 heavy (non-hydrogen) atoms. The number of hydrogen-bond donors (Lipinski definition) is 2. The van der Waals surface area contributed by atoms with Gasteiger partial charge in [0.15, 0.2) is 0 Å². The summed E-state index contributed by atoms with van der Waals surface area (Å²) in [6, 6.07) is 9.85. The molecule has 2 aromatic rings. The van der Waals surface area contributed by atoms with E-state index in [0.717, 1.165) is 48.3 Å². The molecule has 4 rings (SSSR count). The van der Waals surface area contributed by atoms with Gasteiger partial charge in [-0.15, -0.1) is 0 Å². The second kappa shape index (κ2) is 6.08. The Balaban J connectivity index is 2.01. The number of nitrogens with one attached hydrogen (secondary N) is 1. The smallest absolute Gasteiger partial charge is 0.0837 e. The molecule has 0 saturated carbocycles. The van der Waals surface area contributed by atoms with E-state index in [9.17, 15) is 5.11 Å². The van der Waals surface area contributed by atoms with Gasteiger partial charge in [-0.3, -0.25) is 4.98 Å². The fourth-order valence-corrected chi connectivity index (χ4v) is 3.83. The Hall–Kier alpha value is -1.68. The Morgan fingerprint density at radius 3 is 2.83 bits per heavy atom. The van der Waals surface area contributed by atoms with E-state index in [2.05, 4.69) is 16.4 Å². The van der Waals surface area contributed by atoms with Gasteiger partial charge in [0.2, 0.25) is 0 Å².